The number of likely N-dealkylation sites (tertiary alicyclic amines) is 1. The van der Waals surface area contributed by atoms with E-state index in [9.17, 15) is 9.90 Å². The Bertz CT molecular complexity index is 532. The van der Waals surface area contributed by atoms with E-state index in [4.69, 9.17) is 4.74 Å². The Morgan fingerprint density at radius 3 is 2.87 bits per heavy atom. The molecule has 1 heterocycles. The van der Waals surface area contributed by atoms with E-state index < -0.39 is 6.10 Å². The van der Waals surface area contributed by atoms with Gasteiger partial charge in [-0.25, -0.2) is 4.79 Å². The van der Waals surface area contributed by atoms with Crippen molar-refractivity contribution in [3.63, 3.8) is 0 Å². The molecule has 0 aromatic heterocycles. The summed E-state index contributed by atoms with van der Waals surface area (Å²) in [6, 6.07) is 9.26. The third-order valence-corrected chi connectivity index (χ3v) is 4.78. The van der Waals surface area contributed by atoms with Crippen LogP contribution in [0.25, 0.3) is 0 Å². The monoisotopic (exact) mass is 381 g/mol. The molecule has 126 valence electrons. The van der Waals surface area contributed by atoms with Gasteiger partial charge in [0.25, 0.3) is 0 Å². The van der Waals surface area contributed by atoms with Gasteiger partial charge in [0.2, 0.25) is 0 Å². The molecule has 1 saturated heterocycles. The van der Waals surface area contributed by atoms with Crippen molar-refractivity contribution < 1.29 is 14.6 Å². The maximum atomic E-state index is 12.4. The summed E-state index contributed by atoms with van der Waals surface area (Å²) < 4.78 is 6.26. The van der Waals surface area contributed by atoms with E-state index in [1.165, 1.54) is 0 Å². The number of hydrogen-bond donors (Lipinski definition) is 1. The average Bonchev–Trinajstić information content (AvgIpc) is 2.95. The van der Waals surface area contributed by atoms with Gasteiger partial charge in [0.1, 0.15) is 6.61 Å². The number of rotatable bonds is 6. The molecule has 5 heteroatoms. The number of ether oxygens (including phenoxy) is 1. The van der Waals surface area contributed by atoms with Gasteiger partial charge in [0.15, 0.2) is 0 Å². The number of amides is 1. The number of carbonyl (C=O) groups is 1. The summed E-state index contributed by atoms with van der Waals surface area (Å²) >= 11 is 3.53. The van der Waals surface area contributed by atoms with Gasteiger partial charge in [-0.15, -0.1) is 0 Å². The number of allylic oxidation sites excluding steroid dienone is 1. The summed E-state index contributed by atoms with van der Waals surface area (Å²) in [7, 11) is 0. The van der Waals surface area contributed by atoms with Gasteiger partial charge in [-0.1, -0.05) is 72.1 Å². The molecule has 0 bridgehead atoms. The first-order valence-corrected chi connectivity index (χ1v) is 8.93. The van der Waals surface area contributed by atoms with Crippen LogP contribution < -0.4 is 0 Å². The Kier molecular flexibility index (Phi) is 7.12. The topological polar surface area (TPSA) is 49.8 Å². The maximum Gasteiger partial charge on any atom is 0.410 e. The highest BCUT2D eigenvalue weighted by Gasteiger charge is 2.38. The molecule has 1 N–H and O–H groups in total. The molecule has 1 aliphatic rings. The van der Waals surface area contributed by atoms with Crippen LogP contribution in [0.4, 0.5) is 4.79 Å². The zero-order valence-electron chi connectivity index (χ0n) is 13.5. The van der Waals surface area contributed by atoms with Crippen molar-refractivity contribution in [1.82, 2.24) is 4.90 Å². The molecule has 4 nitrogen and oxygen atoms in total. The Labute approximate surface area is 146 Å². The molecule has 0 unspecified atom stereocenters. The van der Waals surface area contributed by atoms with Crippen LogP contribution in [0.5, 0.6) is 0 Å². The molecule has 2 rings (SSSR count). The summed E-state index contributed by atoms with van der Waals surface area (Å²) in [5.74, 6) is 0. The Morgan fingerprint density at radius 2 is 2.17 bits per heavy atom. The van der Waals surface area contributed by atoms with Gasteiger partial charge in [0.05, 0.1) is 12.1 Å². The van der Waals surface area contributed by atoms with Crippen molar-refractivity contribution in [3.8, 4) is 0 Å². The highest BCUT2D eigenvalue weighted by molar-refractivity contribution is 9.11. The molecule has 1 aromatic rings. The zero-order valence-corrected chi connectivity index (χ0v) is 15.0. The number of halogens is 1. The standard InChI is InChI=1S/C18H24BrNO3/c1-2-3-5-10-15(19)17-16(21)11-12-20(17)18(22)23-13-14-8-6-4-7-9-14/h4,6-10,16-17,21H,2-3,5,11-13H2,1H3/b15-10-/t16-,17-/m1/s1. The second kappa shape index (κ2) is 9.08. The number of aliphatic hydroxyl groups excluding tert-OH is 1. The van der Waals surface area contributed by atoms with E-state index in [2.05, 4.69) is 28.9 Å². The van der Waals surface area contributed by atoms with Crippen LogP contribution in [0, 0.1) is 0 Å². The van der Waals surface area contributed by atoms with Gasteiger partial charge in [-0.05, 0) is 18.4 Å². The predicted octanol–water partition coefficient (Wildman–Crippen LogP) is 4.23. The lowest BCUT2D eigenvalue weighted by molar-refractivity contribution is 0.0827. The first kappa shape index (κ1) is 18.0. The molecule has 2 atom stereocenters. The van der Waals surface area contributed by atoms with Gasteiger partial charge >= 0.3 is 6.09 Å². The molecule has 0 spiro atoms. The van der Waals surface area contributed by atoms with E-state index in [-0.39, 0.29) is 18.7 Å². The minimum atomic E-state index is -0.550. The predicted molar refractivity (Wildman–Crippen MR) is 94.3 cm³/mol. The summed E-state index contributed by atoms with van der Waals surface area (Å²) in [4.78, 5) is 14.0. The molecule has 0 aliphatic carbocycles. The minimum Gasteiger partial charge on any atom is -0.445 e. The number of carbonyl (C=O) groups excluding carboxylic acids is 1. The van der Waals surface area contributed by atoms with Crippen LogP contribution in [-0.2, 0) is 11.3 Å². The van der Waals surface area contributed by atoms with Crippen LogP contribution in [-0.4, -0.2) is 34.8 Å². The van der Waals surface area contributed by atoms with Crippen LogP contribution in [0.2, 0.25) is 0 Å². The first-order chi connectivity index (χ1) is 11.1. The Morgan fingerprint density at radius 1 is 1.43 bits per heavy atom. The smallest absolute Gasteiger partial charge is 0.410 e. The number of hydrogen-bond acceptors (Lipinski definition) is 3. The van der Waals surface area contributed by atoms with Crippen molar-refractivity contribution >= 4 is 22.0 Å². The normalized spacial score (nSPS) is 21.5. The summed E-state index contributed by atoms with van der Waals surface area (Å²) in [6.45, 7) is 2.89. The summed E-state index contributed by atoms with van der Waals surface area (Å²) in [5.41, 5.74) is 0.953. The van der Waals surface area contributed by atoms with Gasteiger partial charge in [-0.3, -0.25) is 4.90 Å². The van der Waals surface area contributed by atoms with E-state index in [0.717, 1.165) is 29.3 Å². The Balaban J connectivity index is 1.96. The van der Waals surface area contributed by atoms with Gasteiger partial charge in [0, 0.05) is 11.0 Å². The lowest BCUT2D eigenvalue weighted by Crippen LogP contribution is -2.40. The number of aliphatic hydroxyl groups is 1. The molecule has 23 heavy (non-hydrogen) atoms. The maximum absolute atomic E-state index is 12.4. The van der Waals surface area contributed by atoms with Crippen LogP contribution in [0.1, 0.15) is 38.2 Å². The summed E-state index contributed by atoms with van der Waals surface area (Å²) in [6.07, 6.45) is 4.85. The van der Waals surface area contributed by atoms with Gasteiger partial charge in [-0.2, -0.15) is 0 Å². The fourth-order valence-electron chi connectivity index (χ4n) is 2.68. The number of benzene rings is 1. The third kappa shape index (κ3) is 5.08. The fraction of sp³-hybridized carbons (Fsp3) is 0.500. The highest BCUT2D eigenvalue weighted by atomic mass is 79.9. The fourth-order valence-corrected chi connectivity index (χ4v) is 3.46. The van der Waals surface area contributed by atoms with Gasteiger partial charge < -0.3 is 9.84 Å². The largest absolute Gasteiger partial charge is 0.445 e. The third-order valence-electron chi connectivity index (χ3n) is 3.99. The van der Waals surface area contributed by atoms with Crippen molar-refractivity contribution in [2.24, 2.45) is 0 Å². The molecule has 1 aliphatic heterocycles. The molecular formula is C18H24BrNO3. The minimum absolute atomic E-state index is 0.246. The lowest BCUT2D eigenvalue weighted by Gasteiger charge is -2.25. The van der Waals surface area contributed by atoms with E-state index in [1.54, 1.807) is 4.90 Å². The van der Waals surface area contributed by atoms with Crippen LogP contribution >= 0.6 is 15.9 Å². The quantitative estimate of drug-likeness (QED) is 0.750. The van der Waals surface area contributed by atoms with E-state index >= 15 is 0 Å². The number of unbranched alkanes of at least 4 members (excludes halogenated alkanes) is 2. The van der Waals surface area contributed by atoms with Crippen molar-refractivity contribution in [1.29, 1.82) is 0 Å². The molecule has 1 aromatic carbocycles. The molecule has 0 saturated carbocycles. The zero-order chi connectivity index (χ0) is 16.7. The molecule has 1 amide bonds. The van der Waals surface area contributed by atoms with Crippen LogP contribution in [0.15, 0.2) is 40.9 Å². The van der Waals surface area contributed by atoms with Crippen molar-refractivity contribution in [2.45, 2.75) is 51.4 Å². The average molecular weight is 382 g/mol. The first-order valence-electron chi connectivity index (χ1n) is 8.14. The van der Waals surface area contributed by atoms with Crippen molar-refractivity contribution in [3.05, 3.63) is 46.5 Å². The SMILES string of the molecule is CCCC/C=C(\Br)[C@@H]1[C@H](O)CCN1C(=O)OCc1ccccc1. The van der Waals surface area contributed by atoms with Crippen molar-refractivity contribution in [2.75, 3.05) is 6.54 Å². The second-order valence-electron chi connectivity index (χ2n) is 5.77. The Hall–Kier alpha value is -1.33. The highest BCUT2D eigenvalue weighted by Crippen LogP contribution is 2.29. The lowest BCUT2D eigenvalue weighted by atomic mass is 10.1. The molecule has 0 radical (unpaired) electrons. The number of nitrogens with zero attached hydrogens (tertiary/aromatic N) is 1. The molecule has 1 fully saturated rings. The van der Waals surface area contributed by atoms with E-state index in [0.29, 0.717) is 13.0 Å². The van der Waals surface area contributed by atoms with E-state index in [1.807, 2.05) is 30.3 Å². The summed E-state index contributed by atoms with van der Waals surface area (Å²) in [5, 5.41) is 10.2. The van der Waals surface area contributed by atoms with Crippen LogP contribution in [0.3, 0.4) is 0 Å². The molecular weight excluding hydrogens is 358 g/mol. The second-order valence-corrected chi connectivity index (χ2v) is 6.68.